The van der Waals surface area contributed by atoms with Gasteiger partial charge in [-0.05, 0) is 30.9 Å². The average Bonchev–Trinajstić information content (AvgIpc) is 2.28. The van der Waals surface area contributed by atoms with Crippen molar-refractivity contribution in [1.82, 2.24) is 5.32 Å². The summed E-state index contributed by atoms with van der Waals surface area (Å²) in [5.41, 5.74) is 8.13. The van der Waals surface area contributed by atoms with Crippen LogP contribution in [0.2, 0.25) is 0 Å². The summed E-state index contributed by atoms with van der Waals surface area (Å²) >= 11 is 0. The number of amides is 1. The summed E-state index contributed by atoms with van der Waals surface area (Å²) in [5.74, 6) is 0.0647. The first-order chi connectivity index (χ1) is 7.93. The molecule has 1 amide bonds. The van der Waals surface area contributed by atoms with Crippen molar-refractivity contribution in [2.75, 3.05) is 0 Å². The van der Waals surface area contributed by atoms with Crippen LogP contribution in [0, 0.1) is 12.8 Å². The Labute approximate surface area is 103 Å². The summed E-state index contributed by atoms with van der Waals surface area (Å²) in [6.45, 7) is 7.92. The smallest absolute Gasteiger partial charge is 0.237 e. The van der Waals surface area contributed by atoms with Gasteiger partial charge < -0.3 is 11.1 Å². The van der Waals surface area contributed by atoms with E-state index in [0.717, 1.165) is 5.56 Å². The van der Waals surface area contributed by atoms with E-state index in [0.29, 0.717) is 0 Å². The number of carbonyl (C=O) groups is 1. The Morgan fingerprint density at radius 3 is 2.35 bits per heavy atom. The Morgan fingerprint density at radius 1 is 1.24 bits per heavy atom. The minimum absolute atomic E-state index is 0.00602. The third-order valence-corrected chi connectivity index (χ3v) is 3.03. The highest BCUT2D eigenvalue weighted by Crippen LogP contribution is 2.16. The third-order valence-electron chi connectivity index (χ3n) is 3.03. The minimum atomic E-state index is -0.443. The molecule has 0 spiro atoms. The molecule has 0 heterocycles. The summed E-state index contributed by atoms with van der Waals surface area (Å²) in [5, 5.41) is 2.95. The quantitative estimate of drug-likeness (QED) is 0.838. The van der Waals surface area contributed by atoms with E-state index >= 15 is 0 Å². The maximum absolute atomic E-state index is 11.8. The van der Waals surface area contributed by atoms with E-state index in [9.17, 15) is 4.79 Å². The number of nitrogens with one attached hydrogen (secondary N) is 1. The van der Waals surface area contributed by atoms with Gasteiger partial charge in [-0.25, -0.2) is 0 Å². The molecule has 3 N–H and O–H groups in total. The minimum Gasteiger partial charge on any atom is -0.348 e. The van der Waals surface area contributed by atoms with E-state index in [-0.39, 0.29) is 17.9 Å². The zero-order chi connectivity index (χ0) is 13.0. The maximum Gasteiger partial charge on any atom is 0.237 e. The fraction of sp³-hybridized carbons (Fsp3) is 0.500. The fourth-order valence-electron chi connectivity index (χ4n) is 1.76. The second kappa shape index (κ2) is 5.82. The Hall–Kier alpha value is -1.35. The molecule has 0 fully saturated rings. The van der Waals surface area contributed by atoms with Gasteiger partial charge in [0.25, 0.3) is 0 Å². The van der Waals surface area contributed by atoms with Gasteiger partial charge in [-0.2, -0.15) is 0 Å². The molecule has 17 heavy (non-hydrogen) atoms. The summed E-state index contributed by atoms with van der Waals surface area (Å²) in [4.78, 5) is 11.8. The van der Waals surface area contributed by atoms with E-state index in [1.165, 1.54) is 5.56 Å². The van der Waals surface area contributed by atoms with Crippen LogP contribution in [0.25, 0.3) is 0 Å². The SMILES string of the molecule is Cc1ccccc1[C@H](C)NC(=O)C(N)C(C)C. The van der Waals surface area contributed by atoms with Crippen LogP contribution >= 0.6 is 0 Å². The van der Waals surface area contributed by atoms with Gasteiger partial charge in [0.1, 0.15) is 0 Å². The van der Waals surface area contributed by atoms with Gasteiger partial charge in [-0.3, -0.25) is 4.79 Å². The number of rotatable bonds is 4. The first kappa shape index (κ1) is 13.7. The highest BCUT2D eigenvalue weighted by Gasteiger charge is 2.19. The van der Waals surface area contributed by atoms with Crippen molar-refractivity contribution in [3.63, 3.8) is 0 Å². The third kappa shape index (κ3) is 3.56. The molecule has 2 atom stereocenters. The standard InChI is InChI=1S/C14H22N2O/c1-9(2)13(15)14(17)16-11(4)12-8-6-5-7-10(12)3/h5-9,11,13H,15H2,1-4H3,(H,16,17)/t11-,13?/m0/s1. The fourth-order valence-corrected chi connectivity index (χ4v) is 1.76. The highest BCUT2D eigenvalue weighted by atomic mass is 16.2. The Morgan fingerprint density at radius 2 is 1.82 bits per heavy atom. The van der Waals surface area contributed by atoms with E-state index in [2.05, 4.69) is 5.32 Å². The summed E-state index contributed by atoms with van der Waals surface area (Å²) in [6.07, 6.45) is 0. The summed E-state index contributed by atoms with van der Waals surface area (Å²) in [6, 6.07) is 7.59. The number of benzene rings is 1. The number of aryl methyl sites for hydroxylation is 1. The van der Waals surface area contributed by atoms with Crippen molar-refractivity contribution >= 4 is 5.91 Å². The van der Waals surface area contributed by atoms with Crippen LogP contribution in [0.5, 0.6) is 0 Å². The molecule has 94 valence electrons. The van der Waals surface area contributed by atoms with Crippen LogP contribution < -0.4 is 11.1 Å². The zero-order valence-electron chi connectivity index (χ0n) is 11.0. The van der Waals surface area contributed by atoms with Crippen molar-refractivity contribution in [3.8, 4) is 0 Å². The van der Waals surface area contributed by atoms with Crippen LogP contribution in [0.15, 0.2) is 24.3 Å². The van der Waals surface area contributed by atoms with Crippen LogP contribution in [-0.2, 0) is 4.79 Å². The van der Waals surface area contributed by atoms with Gasteiger partial charge in [-0.1, -0.05) is 38.1 Å². The predicted octanol–water partition coefficient (Wildman–Crippen LogP) is 2.16. The molecule has 0 aliphatic heterocycles. The number of hydrogen-bond acceptors (Lipinski definition) is 2. The van der Waals surface area contributed by atoms with E-state index in [1.54, 1.807) is 0 Å². The predicted molar refractivity (Wildman–Crippen MR) is 70.6 cm³/mol. The molecule has 1 rings (SSSR count). The Kier molecular flexibility index (Phi) is 4.70. The molecule has 0 radical (unpaired) electrons. The number of carbonyl (C=O) groups excluding carboxylic acids is 1. The van der Waals surface area contributed by atoms with E-state index in [1.807, 2.05) is 52.0 Å². The lowest BCUT2D eigenvalue weighted by atomic mass is 10.0. The second-order valence-electron chi connectivity index (χ2n) is 4.86. The molecule has 0 aliphatic carbocycles. The topological polar surface area (TPSA) is 55.1 Å². The zero-order valence-corrected chi connectivity index (χ0v) is 11.0. The van der Waals surface area contributed by atoms with Crippen molar-refractivity contribution in [3.05, 3.63) is 35.4 Å². The average molecular weight is 234 g/mol. The first-order valence-electron chi connectivity index (χ1n) is 6.05. The number of hydrogen-bond donors (Lipinski definition) is 2. The molecule has 3 heteroatoms. The molecule has 3 nitrogen and oxygen atoms in total. The maximum atomic E-state index is 11.8. The van der Waals surface area contributed by atoms with Crippen molar-refractivity contribution in [2.45, 2.75) is 39.8 Å². The highest BCUT2D eigenvalue weighted by molar-refractivity contribution is 5.82. The summed E-state index contributed by atoms with van der Waals surface area (Å²) < 4.78 is 0. The largest absolute Gasteiger partial charge is 0.348 e. The molecule has 0 aliphatic rings. The van der Waals surface area contributed by atoms with Crippen molar-refractivity contribution in [1.29, 1.82) is 0 Å². The monoisotopic (exact) mass is 234 g/mol. The van der Waals surface area contributed by atoms with E-state index in [4.69, 9.17) is 5.73 Å². The molecular weight excluding hydrogens is 212 g/mol. The van der Waals surface area contributed by atoms with Gasteiger partial charge in [0.2, 0.25) is 5.91 Å². The van der Waals surface area contributed by atoms with Crippen molar-refractivity contribution < 1.29 is 4.79 Å². The van der Waals surface area contributed by atoms with Gasteiger partial charge in [0.15, 0.2) is 0 Å². The van der Waals surface area contributed by atoms with Gasteiger partial charge in [0.05, 0.1) is 12.1 Å². The lowest BCUT2D eigenvalue weighted by molar-refractivity contribution is -0.123. The Bertz CT molecular complexity index is 388. The normalized spacial score (nSPS) is 14.5. The van der Waals surface area contributed by atoms with Gasteiger partial charge in [0, 0.05) is 0 Å². The molecule has 0 saturated heterocycles. The molecule has 1 aromatic carbocycles. The second-order valence-corrected chi connectivity index (χ2v) is 4.86. The molecule has 1 unspecified atom stereocenters. The van der Waals surface area contributed by atoms with E-state index < -0.39 is 6.04 Å². The molecular formula is C14H22N2O. The lowest BCUT2D eigenvalue weighted by Gasteiger charge is -2.21. The number of nitrogens with two attached hydrogens (primary N) is 1. The van der Waals surface area contributed by atoms with Crippen LogP contribution in [0.4, 0.5) is 0 Å². The van der Waals surface area contributed by atoms with Crippen molar-refractivity contribution in [2.24, 2.45) is 11.7 Å². The van der Waals surface area contributed by atoms with Crippen LogP contribution in [0.1, 0.15) is 37.9 Å². The first-order valence-corrected chi connectivity index (χ1v) is 6.05. The lowest BCUT2D eigenvalue weighted by Crippen LogP contribution is -2.44. The van der Waals surface area contributed by atoms with Gasteiger partial charge in [-0.15, -0.1) is 0 Å². The van der Waals surface area contributed by atoms with Gasteiger partial charge >= 0.3 is 0 Å². The Balaban J connectivity index is 2.70. The summed E-state index contributed by atoms with van der Waals surface area (Å²) in [7, 11) is 0. The van der Waals surface area contributed by atoms with Crippen LogP contribution in [-0.4, -0.2) is 11.9 Å². The molecule has 0 aromatic heterocycles. The molecule has 0 bridgehead atoms. The molecule has 1 aromatic rings. The van der Waals surface area contributed by atoms with Crippen LogP contribution in [0.3, 0.4) is 0 Å². The molecule has 0 saturated carbocycles.